The van der Waals surface area contributed by atoms with Crippen LogP contribution in [0.1, 0.15) is 37.7 Å². The molecule has 2 heterocycles. The first-order valence-electron chi connectivity index (χ1n) is 7.92. The van der Waals surface area contributed by atoms with Crippen molar-refractivity contribution in [2.24, 2.45) is 0 Å². The summed E-state index contributed by atoms with van der Waals surface area (Å²) in [6.07, 6.45) is 3.24. The van der Waals surface area contributed by atoms with E-state index in [0.717, 1.165) is 17.0 Å². The summed E-state index contributed by atoms with van der Waals surface area (Å²) >= 11 is 0. The molecule has 0 aliphatic rings. The van der Waals surface area contributed by atoms with Gasteiger partial charge in [0, 0.05) is 11.8 Å². The maximum atomic E-state index is 12.5. The fourth-order valence-corrected chi connectivity index (χ4v) is 2.57. The van der Waals surface area contributed by atoms with Gasteiger partial charge in [-0.15, -0.1) is 0 Å². The van der Waals surface area contributed by atoms with Gasteiger partial charge in [-0.1, -0.05) is 17.3 Å². The number of anilines is 1. The van der Waals surface area contributed by atoms with Gasteiger partial charge in [0.15, 0.2) is 0 Å². The average molecular weight is 354 g/mol. The highest BCUT2D eigenvalue weighted by Gasteiger charge is 2.18. The third kappa shape index (κ3) is 3.49. The molecule has 1 amide bonds. The number of aryl methyl sites for hydroxylation is 2. The highest BCUT2D eigenvalue weighted by Crippen LogP contribution is 2.16. The Morgan fingerprint density at radius 2 is 1.96 bits per heavy atom. The summed E-state index contributed by atoms with van der Waals surface area (Å²) in [5, 5.41) is 10.9. The fraction of sp³-hybridized carbons (Fsp3) is 0.222. The Bertz CT molecular complexity index is 938. The number of esters is 1. The molecule has 3 rings (SSSR count). The summed E-state index contributed by atoms with van der Waals surface area (Å²) in [6.45, 7) is 4.18. The predicted molar refractivity (Wildman–Crippen MR) is 93.0 cm³/mol. The van der Waals surface area contributed by atoms with Gasteiger partial charge in [0.2, 0.25) is 0 Å². The Morgan fingerprint density at radius 3 is 2.62 bits per heavy atom. The molecule has 0 bridgehead atoms. The average Bonchev–Trinajstić information content (AvgIpc) is 3.22. The second-order valence-corrected chi connectivity index (χ2v) is 5.72. The molecule has 1 aromatic carbocycles. The molecule has 1 N–H and O–H groups in total. The molecule has 134 valence electrons. The quantitative estimate of drug-likeness (QED) is 0.707. The molecule has 0 atom stereocenters. The number of carbonyl (C=O) groups excluding carboxylic acids is 2. The summed E-state index contributed by atoms with van der Waals surface area (Å²) in [5.74, 6) is -0.247. The van der Waals surface area contributed by atoms with Gasteiger partial charge in [0.25, 0.3) is 5.91 Å². The van der Waals surface area contributed by atoms with Crippen molar-refractivity contribution in [3.05, 3.63) is 64.8 Å². The van der Waals surface area contributed by atoms with Crippen LogP contribution >= 0.6 is 0 Å². The van der Waals surface area contributed by atoms with Gasteiger partial charge >= 0.3 is 5.97 Å². The van der Waals surface area contributed by atoms with Crippen LogP contribution in [0, 0.1) is 13.8 Å². The van der Waals surface area contributed by atoms with E-state index in [1.807, 2.05) is 13.8 Å². The van der Waals surface area contributed by atoms with Crippen LogP contribution in [-0.2, 0) is 11.3 Å². The Hall–Kier alpha value is -3.42. The molecular weight excluding hydrogens is 336 g/mol. The van der Waals surface area contributed by atoms with E-state index < -0.39 is 11.9 Å². The van der Waals surface area contributed by atoms with Crippen LogP contribution in [0.15, 0.2) is 41.2 Å². The molecule has 0 saturated carbocycles. The normalized spacial score (nSPS) is 10.6. The SMILES string of the molecule is COC(=O)c1ccccc1C(=O)Nc1cnn(Cc2c(C)noc2C)c1. The Labute approximate surface area is 149 Å². The van der Waals surface area contributed by atoms with Gasteiger partial charge in [-0.05, 0) is 26.0 Å². The number of ether oxygens (including phenoxy) is 1. The number of hydrogen-bond donors (Lipinski definition) is 1. The van der Waals surface area contributed by atoms with E-state index in [2.05, 4.69) is 15.6 Å². The summed E-state index contributed by atoms with van der Waals surface area (Å²) in [6, 6.07) is 6.46. The summed E-state index contributed by atoms with van der Waals surface area (Å²) in [5.41, 5.74) is 2.70. The molecule has 0 aliphatic carbocycles. The zero-order valence-electron chi connectivity index (χ0n) is 14.6. The minimum atomic E-state index is -0.565. The van der Waals surface area contributed by atoms with Gasteiger partial charge in [0.05, 0.1) is 42.4 Å². The third-order valence-electron chi connectivity index (χ3n) is 3.97. The number of rotatable bonds is 5. The van der Waals surface area contributed by atoms with Crippen LogP contribution in [0.2, 0.25) is 0 Å². The highest BCUT2D eigenvalue weighted by atomic mass is 16.5. The Balaban J connectivity index is 1.76. The van der Waals surface area contributed by atoms with Crippen molar-refractivity contribution in [3.63, 3.8) is 0 Å². The van der Waals surface area contributed by atoms with Crippen molar-refractivity contribution in [2.75, 3.05) is 12.4 Å². The minimum Gasteiger partial charge on any atom is -0.465 e. The first-order chi connectivity index (χ1) is 12.5. The van der Waals surface area contributed by atoms with Crippen molar-refractivity contribution in [3.8, 4) is 0 Å². The number of nitrogens with zero attached hydrogens (tertiary/aromatic N) is 3. The number of nitrogens with one attached hydrogen (secondary N) is 1. The predicted octanol–water partition coefficient (Wildman–Crippen LogP) is 2.58. The van der Waals surface area contributed by atoms with Crippen LogP contribution in [0.5, 0.6) is 0 Å². The van der Waals surface area contributed by atoms with Crippen LogP contribution in [-0.4, -0.2) is 33.9 Å². The molecule has 8 nitrogen and oxygen atoms in total. The van der Waals surface area contributed by atoms with E-state index in [1.165, 1.54) is 13.3 Å². The topological polar surface area (TPSA) is 99.2 Å². The summed E-state index contributed by atoms with van der Waals surface area (Å²) in [7, 11) is 1.27. The van der Waals surface area contributed by atoms with Crippen LogP contribution in [0.4, 0.5) is 5.69 Å². The van der Waals surface area contributed by atoms with Gasteiger partial charge in [-0.2, -0.15) is 5.10 Å². The lowest BCUT2D eigenvalue weighted by Crippen LogP contribution is -2.16. The smallest absolute Gasteiger partial charge is 0.338 e. The van der Waals surface area contributed by atoms with E-state index in [0.29, 0.717) is 12.2 Å². The Kier molecular flexibility index (Phi) is 4.83. The van der Waals surface area contributed by atoms with Crippen molar-refractivity contribution in [2.45, 2.75) is 20.4 Å². The maximum absolute atomic E-state index is 12.5. The van der Waals surface area contributed by atoms with Gasteiger partial charge in [-0.3, -0.25) is 9.48 Å². The van der Waals surface area contributed by atoms with Crippen molar-refractivity contribution < 1.29 is 18.8 Å². The first kappa shape index (κ1) is 17.4. The number of benzene rings is 1. The standard InChI is InChI=1S/C18H18N4O4/c1-11-16(12(2)26-21-11)10-22-9-13(8-19-22)20-17(23)14-6-4-5-7-15(14)18(24)25-3/h4-9H,10H2,1-3H3,(H,20,23). The van der Waals surface area contributed by atoms with Gasteiger partial charge < -0.3 is 14.6 Å². The fourth-order valence-electron chi connectivity index (χ4n) is 2.57. The van der Waals surface area contributed by atoms with E-state index >= 15 is 0 Å². The molecule has 0 radical (unpaired) electrons. The number of aromatic nitrogens is 3. The van der Waals surface area contributed by atoms with Gasteiger partial charge in [0.1, 0.15) is 5.76 Å². The molecular formula is C18H18N4O4. The van der Waals surface area contributed by atoms with Crippen molar-refractivity contribution >= 4 is 17.6 Å². The van der Waals surface area contributed by atoms with E-state index in [4.69, 9.17) is 9.26 Å². The lowest BCUT2D eigenvalue weighted by Gasteiger charge is -2.07. The molecule has 0 aliphatic heterocycles. The molecule has 8 heteroatoms. The highest BCUT2D eigenvalue weighted by molar-refractivity contribution is 6.10. The monoisotopic (exact) mass is 354 g/mol. The molecule has 26 heavy (non-hydrogen) atoms. The van der Waals surface area contributed by atoms with Crippen LogP contribution in [0.3, 0.4) is 0 Å². The number of carbonyl (C=O) groups is 2. The molecule has 0 fully saturated rings. The summed E-state index contributed by atoms with van der Waals surface area (Å²) < 4.78 is 11.5. The van der Waals surface area contributed by atoms with Crippen molar-refractivity contribution in [1.82, 2.24) is 14.9 Å². The summed E-state index contributed by atoms with van der Waals surface area (Å²) in [4.78, 5) is 24.3. The molecule has 0 saturated heterocycles. The first-order valence-corrected chi connectivity index (χ1v) is 7.92. The van der Waals surface area contributed by atoms with Crippen LogP contribution < -0.4 is 5.32 Å². The molecule has 2 aromatic heterocycles. The second kappa shape index (κ2) is 7.22. The maximum Gasteiger partial charge on any atom is 0.338 e. The number of methoxy groups -OCH3 is 1. The minimum absolute atomic E-state index is 0.204. The van der Waals surface area contributed by atoms with E-state index in [1.54, 1.807) is 35.1 Å². The lowest BCUT2D eigenvalue weighted by molar-refractivity contribution is 0.0597. The van der Waals surface area contributed by atoms with E-state index in [9.17, 15) is 9.59 Å². The zero-order chi connectivity index (χ0) is 18.7. The largest absolute Gasteiger partial charge is 0.465 e. The van der Waals surface area contributed by atoms with Crippen molar-refractivity contribution in [1.29, 1.82) is 0 Å². The van der Waals surface area contributed by atoms with Crippen LogP contribution in [0.25, 0.3) is 0 Å². The molecule has 3 aromatic rings. The Morgan fingerprint density at radius 1 is 1.23 bits per heavy atom. The third-order valence-corrected chi connectivity index (χ3v) is 3.97. The second-order valence-electron chi connectivity index (χ2n) is 5.72. The van der Waals surface area contributed by atoms with Gasteiger partial charge in [-0.25, -0.2) is 4.79 Å². The number of amides is 1. The molecule has 0 spiro atoms. The van der Waals surface area contributed by atoms with E-state index in [-0.39, 0.29) is 11.1 Å². The molecule has 0 unspecified atom stereocenters. The zero-order valence-corrected chi connectivity index (χ0v) is 14.6. The lowest BCUT2D eigenvalue weighted by atomic mass is 10.1. The number of hydrogen-bond acceptors (Lipinski definition) is 6.